The van der Waals surface area contributed by atoms with Gasteiger partial charge < -0.3 is 16.0 Å². The van der Waals surface area contributed by atoms with Gasteiger partial charge in [-0.05, 0) is 0 Å². The van der Waals surface area contributed by atoms with Crippen molar-refractivity contribution < 1.29 is 13.2 Å². The molecule has 0 aliphatic rings. The van der Waals surface area contributed by atoms with E-state index in [2.05, 4.69) is 20.0 Å². The third kappa shape index (κ3) is 3.56. The fourth-order valence-electron chi connectivity index (χ4n) is 0.839. The molecule has 0 saturated heterocycles. The quantitative estimate of drug-likeness (QED) is 0.454. The number of H-pyrrole nitrogens is 1. The van der Waals surface area contributed by atoms with E-state index >= 15 is 0 Å². The number of sulfonamides is 1. The van der Waals surface area contributed by atoms with Crippen LogP contribution in [0.2, 0.25) is 0 Å². The van der Waals surface area contributed by atoms with Crippen molar-refractivity contribution in [3.05, 3.63) is 12.5 Å². The molecule has 0 saturated carbocycles. The Balaban J connectivity index is 2.42. The maximum Gasteiger partial charge on any atom is 0.312 e. The van der Waals surface area contributed by atoms with E-state index in [-0.39, 0.29) is 18.1 Å². The molecule has 0 aromatic carbocycles. The Morgan fingerprint density at radius 3 is 2.80 bits per heavy atom. The van der Waals surface area contributed by atoms with E-state index in [1.165, 1.54) is 12.5 Å². The van der Waals surface area contributed by atoms with Crippen LogP contribution in [0, 0.1) is 0 Å². The molecule has 8 nitrogen and oxygen atoms in total. The highest BCUT2D eigenvalue weighted by Gasteiger charge is 2.13. The lowest BCUT2D eigenvalue weighted by atomic mass is 10.6. The number of carbonyl (C=O) groups excluding carboxylic acids is 1. The number of rotatable bonds is 5. The summed E-state index contributed by atoms with van der Waals surface area (Å²) in [6.07, 6.45) is 2.44. The lowest BCUT2D eigenvalue weighted by Crippen LogP contribution is -2.37. The summed E-state index contributed by atoms with van der Waals surface area (Å²) in [6, 6.07) is -0.698. The van der Waals surface area contributed by atoms with E-state index in [1.54, 1.807) is 0 Å². The van der Waals surface area contributed by atoms with Crippen molar-refractivity contribution >= 4 is 16.1 Å². The molecule has 0 aliphatic carbocycles. The normalized spacial score (nSPS) is 11.2. The molecule has 0 spiro atoms. The van der Waals surface area contributed by atoms with E-state index in [0.717, 1.165) is 0 Å². The van der Waals surface area contributed by atoms with Crippen molar-refractivity contribution in [1.29, 1.82) is 0 Å². The smallest absolute Gasteiger partial charge is 0.312 e. The molecule has 1 rings (SSSR count). The Kier molecular flexibility index (Phi) is 3.63. The molecule has 1 heterocycles. The molecule has 2 amide bonds. The van der Waals surface area contributed by atoms with Crippen LogP contribution in [0.15, 0.2) is 17.6 Å². The number of primary amides is 1. The van der Waals surface area contributed by atoms with Gasteiger partial charge in [0.2, 0.25) is 0 Å². The van der Waals surface area contributed by atoms with Gasteiger partial charge in [0.05, 0.1) is 12.5 Å². The van der Waals surface area contributed by atoms with Crippen molar-refractivity contribution in [2.75, 3.05) is 13.1 Å². The van der Waals surface area contributed by atoms with Crippen LogP contribution in [0.4, 0.5) is 4.79 Å². The summed E-state index contributed by atoms with van der Waals surface area (Å²) >= 11 is 0. The Labute approximate surface area is 86.3 Å². The molecule has 1 aromatic heterocycles. The Bertz CT molecular complexity index is 412. The number of imidazole rings is 1. The van der Waals surface area contributed by atoms with Crippen LogP contribution >= 0.6 is 0 Å². The number of urea groups is 1. The zero-order valence-corrected chi connectivity index (χ0v) is 8.54. The molecule has 15 heavy (non-hydrogen) atoms. The van der Waals surface area contributed by atoms with E-state index in [4.69, 9.17) is 5.73 Å². The van der Waals surface area contributed by atoms with Crippen molar-refractivity contribution in [2.24, 2.45) is 5.73 Å². The summed E-state index contributed by atoms with van der Waals surface area (Å²) in [5.74, 6) is 0. The summed E-state index contributed by atoms with van der Waals surface area (Å²) in [5.41, 5.74) is 4.79. The highest BCUT2D eigenvalue weighted by Crippen LogP contribution is 2.00. The van der Waals surface area contributed by atoms with Crippen LogP contribution in [0.3, 0.4) is 0 Å². The molecule has 84 valence electrons. The Morgan fingerprint density at radius 2 is 2.27 bits per heavy atom. The molecule has 0 bridgehead atoms. The predicted molar refractivity (Wildman–Crippen MR) is 51.4 cm³/mol. The summed E-state index contributed by atoms with van der Waals surface area (Å²) in [5, 5.41) is 2.22. The van der Waals surface area contributed by atoms with E-state index in [9.17, 15) is 13.2 Å². The number of hydrogen-bond acceptors (Lipinski definition) is 4. The van der Waals surface area contributed by atoms with Crippen LogP contribution in [0.25, 0.3) is 0 Å². The molecule has 0 unspecified atom stereocenters. The first-order chi connectivity index (χ1) is 7.02. The van der Waals surface area contributed by atoms with Crippen LogP contribution in [-0.2, 0) is 10.0 Å². The van der Waals surface area contributed by atoms with E-state index in [1.807, 2.05) is 0 Å². The SMILES string of the molecule is NC(=O)NCCNS(=O)(=O)c1cnc[nH]1. The van der Waals surface area contributed by atoms with Gasteiger partial charge >= 0.3 is 6.03 Å². The summed E-state index contributed by atoms with van der Waals surface area (Å²) < 4.78 is 25.1. The molecule has 1 aromatic rings. The first kappa shape index (κ1) is 11.5. The maximum absolute atomic E-state index is 11.4. The monoisotopic (exact) mass is 233 g/mol. The van der Waals surface area contributed by atoms with Gasteiger partial charge in [0.25, 0.3) is 10.0 Å². The second kappa shape index (κ2) is 4.75. The van der Waals surface area contributed by atoms with Gasteiger partial charge in [0.1, 0.15) is 0 Å². The molecule has 5 N–H and O–H groups in total. The number of amides is 2. The van der Waals surface area contributed by atoms with Crippen molar-refractivity contribution in [3.8, 4) is 0 Å². The third-order valence-corrected chi connectivity index (χ3v) is 2.87. The largest absolute Gasteiger partial charge is 0.352 e. The fraction of sp³-hybridized carbons (Fsp3) is 0.333. The molecule has 0 aliphatic heterocycles. The fourth-order valence-corrected chi connectivity index (χ4v) is 1.77. The van der Waals surface area contributed by atoms with Crippen LogP contribution < -0.4 is 15.8 Å². The zero-order chi connectivity index (χ0) is 11.3. The number of aromatic amines is 1. The highest BCUT2D eigenvalue weighted by molar-refractivity contribution is 7.89. The van der Waals surface area contributed by atoms with Crippen molar-refractivity contribution in [2.45, 2.75) is 5.03 Å². The van der Waals surface area contributed by atoms with Gasteiger partial charge in [-0.15, -0.1) is 0 Å². The van der Waals surface area contributed by atoms with Crippen molar-refractivity contribution in [3.63, 3.8) is 0 Å². The lowest BCUT2D eigenvalue weighted by molar-refractivity contribution is 0.249. The highest BCUT2D eigenvalue weighted by atomic mass is 32.2. The minimum absolute atomic E-state index is 0.0263. The molecule has 0 fully saturated rings. The van der Waals surface area contributed by atoms with E-state index in [0.29, 0.717) is 0 Å². The number of nitrogens with zero attached hydrogens (tertiary/aromatic N) is 1. The lowest BCUT2D eigenvalue weighted by Gasteiger charge is -2.04. The number of carbonyl (C=O) groups is 1. The molecule has 0 radical (unpaired) electrons. The minimum Gasteiger partial charge on any atom is -0.352 e. The van der Waals surface area contributed by atoms with Crippen LogP contribution in [0.1, 0.15) is 0 Å². The van der Waals surface area contributed by atoms with Crippen molar-refractivity contribution in [1.82, 2.24) is 20.0 Å². The average molecular weight is 233 g/mol. The van der Waals surface area contributed by atoms with Gasteiger partial charge in [-0.1, -0.05) is 0 Å². The van der Waals surface area contributed by atoms with Crippen LogP contribution in [-0.4, -0.2) is 37.5 Å². The molecular weight excluding hydrogens is 222 g/mol. The van der Waals surface area contributed by atoms with Gasteiger partial charge in [-0.2, -0.15) is 0 Å². The minimum atomic E-state index is -3.58. The zero-order valence-electron chi connectivity index (χ0n) is 7.73. The first-order valence-electron chi connectivity index (χ1n) is 4.04. The third-order valence-electron chi connectivity index (χ3n) is 1.48. The van der Waals surface area contributed by atoms with Gasteiger partial charge in [-0.25, -0.2) is 22.9 Å². The number of nitrogens with two attached hydrogens (primary N) is 1. The number of nitrogens with one attached hydrogen (secondary N) is 3. The first-order valence-corrected chi connectivity index (χ1v) is 5.52. The number of aromatic nitrogens is 2. The van der Waals surface area contributed by atoms with Gasteiger partial charge in [0.15, 0.2) is 5.03 Å². The molecular formula is C6H11N5O3S. The summed E-state index contributed by atoms with van der Waals surface area (Å²) in [7, 11) is -3.58. The number of hydrogen-bond donors (Lipinski definition) is 4. The summed E-state index contributed by atoms with van der Waals surface area (Å²) in [4.78, 5) is 16.3. The predicted octanol–water partition coefficient (Wildman–Crippen LogP) is -1.64. The second-order valence-corrected chi connectivity index (χ2v) is 4.34. The summed E-state index contributed by atoms with van der Waals surface area (Å²) in [6.45, 7) is 0.187. The van der Waals surface area contributed by atoms with E-state index < -0.39 is 16.1 Å². The second-order valence-electron chi connectivity index (χ2n) is 2.60. The maximum atomic E-state index is 11.4. The topological polar surface area (TPSA) is 130 Å². The Hall–Kier alpha value is -1.61. The molecule has 9 heteroatoms. The molecule has 0 atom stereocenters. The average Bonchev–Trinajstić information content (AvgIpc) is 2.65. The van der Waals surface area contributed by atoms with Crippen LogP contribution in [0.5, 0.6) is 0 Å². The van der Waals surface area contributed by atoms with Gasteiger partial charge in [0, 0.05) is 13.1 Å². The standard InChI is InChI=1S/C6H11N5O3S/c7-6(12)9-1-2-11-15(13,14)5-3-8-4-10-5/h3-4,11H,1-2H2,(H,8,10)(H3,7,9,12). The van der Waals surface area contributed by atoms with Gasteiger partial charge in [-0.3, -0.25) is 0 Å². The Morgan fingerprint density at radius 1 is 1.53 bits per heavy atom.